The fourth-order valence-electron chi connectivity index (χ4n) is 3.85. The van der Waals surface area contributed by atoms with Crippen molar-refractivity contribution in [1.82, 2.24) is 9.97 Å². The lowest BCUT2D eigenvalue weighted by atomic mass is 9.96. The lowest BCUT2D eigenvalue weighted by Gasteiger charge is -2.22. The first-order valence-electron chi connectivity index (χ1n) is 11.4. The molecule has 0 saturated carbocycles. The van der Waals surface area contributed by atoms with Crippen LogP contribution in [0.25, 0.3) is 5.76 Å². The molecule has 0 bridgehead atoms. The van der Waals surface area contributed by atoms with Crippen molar-refractivity contribution in [3.05, 3.63) is 76.1 Å². The van der Waals surface area contributed by atoms with Crippen LogP contribution in [0.2, 0.25) is 0 Å². The number of nitrogens with zero attached hydrogens (tertiary/aromatic N) is 3. The van der Waals surface area contributed by atoms with Gasteiger partial charge in [0.25, 0.3) is 5.78 Å². The van der Waals surface area contributed by atoms with Gasteiger partial charge >= 0.3 is 11.9 Å². The first kappa shape index (κ1) is 25.1. The molecule has 36 heavy (non-hydrogen) atoms. The van der Waals surface area contributed by atoms with Gasteiger partial charge in [-0.15, -0.1) is 0 Å². The molecule has 1 atom stereocenters. The van der Waals surface area contributed by atoms with E-state index in [0.29, 0.717) is 29.2 Å². The van der Waals surface area contributed by atoms with E-state index in [1.807, 2.05) is 0 Å². The van der Waals surface area contributed by atoms with Crippen molar-refractivity contribution in [1.29, 1.82) is 0 Å². The number of hydrogen-bond donors (Lipinski definition) is 1. The average molecular weight is 508 g/mol. The highest BCUT2D eigenvalue weighted by Crippen LogP contribution is 2.43. The normalized spacial score (nSPS) is 16.9. The summed E-state index contributed by atoms with van der Waals surface area (Å²) in [4.78, 5) is 48.5. The minimum absolute atomic E-state index is 0.0971. The zero-order chi connectivity index (χ0) is 25.8. The third kappa shape index (κ3) is 4.72. The van der Waals surface area contributed by atoms with Crippen LogP contribution in [0.5, 0.6) is 5.75 Å². The van der Waals surface area contributed by atoms with Crippen molar-refractivity contribution in [3.63, 3.8) is 0 Å². The standard InChI is InChI=1S/C26H25N3O6S/c1-4-5-13-35-18-10-8-16(9-11-18)21(30)19-20(17-7-6-12-27-14-17)29(24(32)22(19)31)26-28-15(2)23(36-26)25(33)34-3/h6-12,14,20,30H,4-5,13H2,1-3H3/b21-19-. The second kappa shape index (κ2) is 10.7. The van der Waals surface area contributed by atoms with E-state index in [0.717, 1.165) is 24.2 Å². The van der Waals surface area contributed by atoms with Crippen LogP contribution in [0.4, 0.5) is 5.13 Å². The molecule has 1 aliphatic rings. The Morgan fingerprint density at radius 2 is 1.94 bits per heavy atom. The fourth-order valence-corrected chi connectivity index (χ4v) is 4.86. The molecule has 1 unspecified atom stereocenters. The number of rotatable bonds is 8. The van der Waals surface area contributed by atoms with E-state index < -0.39 is 23.7 Å². The zero-order valence-corrected chi connectivity index (χ0v) is 20.9. The maximum absolute atomic E-state index is 13.2. The van der Waals surface area contributed by atoms with Crippen LogP contribution in [-0.2, 0) is 14.3 Å². The van der Waals surface area contributed by atoms with Gasteiger partial charge in [0, 0.05) is 18.0 Å². The number of unbranched alkanes of at least 4 members (excludes halogenated alkanes) is 1. The number of thiazole rings is 1. The molecule has 2 aromatic heterocycles. The summed E-state index contributed by atoms with van der Waals surface area (Å²) in [6.45, 7) is 4.27. The van der Waals surface area contributed by atoms with Crippen molar-refractivity contribution in [2.24, 2.45) is 0 Å². The highest BCUT2D eigenvalue weighted by molar-refractivity contribution is 7.17. The van der Waals surface area contributed by atoms with Crippen LogP contribution >= 0.6 is 11.3 Å². The number of aromatic nitrogens is 2. The van der Waals surface area contributed by atoms with Gasteiger partial charge in [0.2, 0.25) is 0 Å². The first-order valence-corrected chi connectivity index (χ1v) is 12.2. The molecule has 0 spiro atoms. The third-order valence-corrected chi connectivity index (χ3v) is 6.84. The lowest BCUT2D eigenvalue weighted by molar-refractivity contribution is -0.132. The summed E-state index contributed by atoms with van der Waals surface area (Å²) in [5, 5.41) is 11.4. The van der Waals surface area contributed by atoms with Gasteiger partial charge in [0.15, 0.2) is 5.13 Å². The van der Waals surface area contributed by atoms with Crippen molar-refractivity contribution in [2.75, 3.05) is 18.6 Å². The molecule has 1 fully saturated rings. The Labute approximate surface area is 212 Å². The Kier molecular flexibility index (Phi) is 7.44. The quantitative estimate of drug-likeness (QED) is 0.156. The Morgan fingerprint density at radius 1 is 1.19 bits per heavy atom. The van der Waals surface area contributed by atoms with Gasteiger partial charge in [0.05, 0.1) is 31.0 Å². The van der Waals surface area contributed by atoms with Crippen molar-refractivity contribution >= 4 is 39.9 Å². The molecule has 186 valence electrons. The van der Waals surface area contributed by atoms with Crippen LogP contribution in [0.3, 0.4) is 0 Å². The number of amides is 1. The van der Waals surface area contributed by atoms with Crippen LogP contribution in [0.15, 0.2) is 54.4 Å². The number of anilines is 1. The second-order valence-corrected chi connectivity index (χ2v) is 9.06. The number of aliphatic hydroxyl groups is 1. The molecular weight excluding hydrogens is 482 g/mol. The number of pyridine rings is 1. The zero-order valence-electron chi connectivity index (χ0n) is 20.1. The van der Waals surface area contributed by atoms with Gasteiger partial charge in [-0.1, -0.05) is 30.7 Å². The number of ether oxygens (including phenoxy) is 2. The molecule has 0 radical (unpaired) electrons. The van der Waals surface area contributed by atoms with Crippen molar-refractivity contribution in [2.45, 2.75) is 32.7 Å². The van der Waals surface area contributed by atoms with Crippen LogP contribution in [0, 0.1) is 6.92 Å². The molecule has 4 rings (SSSR count). The van der Waals surface area contributed by atoms with Crippen LogP contribution in [-0.4, -0.2) is 46.5 Å². The molecule has 1 aliphatic heterocycles. The summed E-state index contributed by atoms with van der Waals surface area (Å²) in [6.07, 6.45) is 5.01. The number of carbonyl (C=O) groups excluding carboxylic acids is 3. The monoisotopic (exact) mass is 507 g/mol. The van der Waals surface area contributed by atoms with E-state index in [9.17, 15) is 19.5 Å². The van der Waals surface area contributed by atoms with Gasteiger partial charge < -0.3 is 14.6 Å². The molecule has 1 N–H and O–H groups in total. The van der Waals surface area contributed by atoms with E-state index in [1.165, 1.54) is 18.2 Å². The van der Waals surface area contributed by atoms with Gasteiger partial charge in [-0.3, -0.25) is 19.5 Å². The molecule has 10 heteroatoms. The smallest absolute Gasteiger partial charge is 0.350 e. The molecule has 1 saturated heterocycles. The molecule has 3 heterocycles. The van der Waals surface area contributed by atoms with Crippen LogP contribution < -0.4 is 9.64 Å². The predicted molar refractivity (Wildman–Crippen MR) is 134 cm³/mol. The Bertz CT molecular complexity index is 1320. The maximum Gasteiger partial charge on any atom is 0.350 e. The Hall–Kier alpha value is -4.05. The van der Waals surface area contributed by atoms with Gasteiger partial charge in [-0.2, -0.15) is 0 Å². The predicted octanol–water partition coefficient (Wildman–Crippen LogP) is 4.44. The van der Waals surface area contributed by atoms with Crippen LogP contribution in [0.1, 0.15) is 52.3 Å². The number of esters is 1. The van der Waals surface area contributed by atoms with Gasteiger partial charge in [-0.05, 0) is 49.2 Å². The average Bonchev–Trinajstić information content (AvgIpc) is 3.40. The first-order chi connectivity index (χ1) is 17.4. The number of Topliss-reactive ketones (excluding diaryl/α,β-unsaturated/α-hetero) is 1. The highest BCUT2D eigenvalue weighted by Gasteiger charge is 2.48. The third-order valence-electron chi connectivity index (χ3n) is 5.70. The number of benzene rings is 1. The largest absolute Gasteiger partial charge is 0.507 e. The fraction of sp³-hybridized carbons (Fsp3) is 0.269. The Morgan fingerprint density at radius 3 is 2.58 bits per heavy atom. The highest BCUT2D eigenvalue weighted by atomic mass is 32.1. The summed E-state index contributed by atoms with van der Waals surface area (Å²) in [6, 6.07) is 9.05. The van der Waals surface area contributed by atoms with E-state index in [4.69, 9.17) is 9.47 Å². The summed E-state index contributed by atoms with van der Waals surface area (Å²) in [5.41, 5.74) is 1.13. The summed E-state index contributed by atoms with van der Waals surface area (Å²) in [7, 11) is 1.25. The number of aliphatic hydroxyl groups excluding tert-OH is 1. The minimum Gasteiger partial charge on any atom is -0.507 e. The van der Waals surface area contributed by atoms with E-state index in [1.54, 1.807) is 49.5 Å². The molecule has 3 aromatic rings. The molecular formula is C26H25N3O6S. The van der Waals surface area contributed by atoms with Gasteiger partial charge in [-0.25, -0.2) is 9.78 Å². The molecule has 1 amide bonds. The number of carbonyl (C=O) groups is 3. The van der Waals surface area contributed by atoms with E-state index in [2.05, 4.69) is 16.9 Å². The summed E-state index contributed by atoms with van der Waals surface area (Å²) < 4.78 is 10.5. The molecule has 0 aliphatic carbocycles. The topological polar surface area (TPSA) is 119 Å². The van der Waals surface area contributed by atoms with Crippen molar-refractivity contribution < 1.29 is 29.0 Å². The minimum atomic E-state index is -0.991. The number of ketones is 1. The molecule has 9 nitrogen and oxygen atoms in total. The number of aryl methyl sites for hydroxylation is 1. The lowest BCUT2D eigenvalue weighted by Crippen LogP contribution is -2.29. The SMILES string of the molecule is CCCCOc1ccc(/C(O)=C2/C(=O)C(=O)N(c3nc(C)c(C(=O)OC)s3)C2c2cccnc2)cc1. The second-order valence-electron chi connectivity index (χ2n) is 8.08. The maximum atomic E-state index is 13.2. The summed E-state index contributed by atoms with van der Waals surface area (Å²) >= 11 is 0.941. The van der Waals surface area contributed by atoms with E-state index in [-0.39, 0.29) is 21.3 Å². The Balaban J connectivity index is 1.80. The number of hydrogen-bond acceptors (Lipinski definition) is 9. The van der Waals surface area contributed by atoms with Gasteiger partial charge in [0.1, 0.15) is 16.4 Å². The van der Waals surface area contributed by atoms with E-state index >= 15 is 0 Å². The molecule has 1 aromatic carbocycles. The summed E-state index contributed by atoms with van der Waals surface area (Å²) in [5.74, 6) is -2.01. The van der Waals surface area contributed by atoms with Crippen molar-refractivity contribution in [3.8, 4) is 5.75 Å². The number of methoxy groups -OCH3 is 1.